The summed E-state index contributed by atoms with van der Waals surface area (Å²) in [6, 6.07) is 2.06. The number of methoxy groups -OCH3 is 2. The smallest absolute Gasteiger partial charge is 0.340 e. The zero-order valence-corrected chi connectivity index (χ0v) is 16.2. The van der Waals surface area contributed by atoms with Gasteiger partial charge in [0.05, 0.1) is 38.2 Å². The number of ether oxygens (including phenoxy) is 2. The first kappa shape index (κ1) is 20.6. The molecule has 0 saturated carbocycles. The number of carboxylic acids is 1. The van der Waals surface area contributed by atoms with Gasteiger partial charge in [0.1, 0.15) is 5.58 Å². The topological polar surface area (TPSA) is 118 Å². The zero-order valence-electron chi connectivity index (χ0n) is 15.4. The van der Waals surface area contributed by atoms with Crippen LogP contribution in [0, 0.1) is 6.92 Å². The van der Waals surface area contributed by atoms with Crippen molar-refractivity contribution in [2.24, 2.45) is 0 Å². The molecular weight excluding hydrogens is 374 g/mol. The summed E-state index contributed by atoms with van der Waals surface area (Å²) in [4.78, 5) is 35.6. The lowest BCUT2D eigenvalue weighted by Crippen LogP contribution is -2.50. The average molecular weight is 394 g/mol. The molecule has 0 aliphatic carbocycles. The number of aryl methyl sites for hydroxylation is 1. The first-order chi connectivity index (χ1) is 12.8. The van der Waals surface area contributed by atoms with Gasteiger partial charge in [0.2, 0.25) is 5.91 Å². The maximum absolute atomic E-state index is 12.3. The highest BCUT2D eigenvalue weighted by Crippen LogP contribution is 2.33. The van der Waals surface area contributed by atoms with Crippen molar-refractivity contribution >= 4 is 34.6 Å². The van der Waals surface area contributed by atoms with Crippen LogP contribution in [0.4, 0.5) is 0 Å². The monoisotopic (exact) mass is 394 g/mol. The maximum Gasteiger partial charge on any atom is 0.340 e. The van der Waals surface area contributed by atoms with Gasteiger partial charge in [-0.15, -0.1) is 0 Å². The number of rotatable bonds is 8. The Bertz CT molecular complexity index is 922. The lowest BCUT2D eigenvalue weighted by Gasteiger charge is -2.19. The molecule has 1 atom stereocenters. The number of nitrogens with one attached hydrogen (secondary N) is 1. The molecule has 0 bridgehead atoms. The predicted octanol–water partition coefficient (Wildman–Crippen LogP) is 0.259. The molecule has 0 fully saturated rings. The second kappa shape index (κ2) is 8.81. The highest BCUT2D eigenvalue weighted by molar-refractivity contribution is 7.98. The Hall–Kier alpha value is -2.68. The Morgan fingerprint density at radius 2 is 1.89 bits per heavy atom. The van der Waals surface area contributed by atoms with Gasteiger partial charge >= 0.3 is 5.63 Å². The van der Waals surface area contributed by atoms with Crippen LogP contribution in [-0.2, 0) is 16.0 Å². The molecule has 1 N–H and O–H groups in total. The number of carbonyl (C=O) groups is 2. The van der Waals surface area contributed by atoms with Crippen molar-refractivity contribution in [3.05, 3.63) is 33.7 Å². The van der Waals surface area contributed by atoms with E-state index in [1.165, 1.54) is 32.0 Å². The van der Waals surface area contributed by atoms with E-state index in [2.05, 4.69) is 5.32 Å². The van der Waals surface area contributed by atoms with Crippen LogP contribution >= 0.6 is 11.8 Å². The molecular formula is C18H20NO7S-. The Kier molecular flexibility index (Phi) is 6.73. The molecule has 0 aliphatic rings. The lowest BCUT2D eigenvalue weighted by molar-refractivity contribution is -0.307. The minimum absolute atomic E-state index is 0.147. The van der Waals surface area contributed by atoms with Gasteiger partial charge in [-0.1, -0.05) is 0 Å². The summed E-state index contributed by atoms with van der Waals surface area (Å²) >= 11 is 1.26. The SMILES string of the molecule is COc1cc2oc(=O)c(CC(=O)N[C@@H](CSC)C(=O)[O-])c(C)c2cc1OC. The van der Waals surface area contributed by atoms with Crippen LogP contribution < -0.4 is 25.5 Å². The van der Waals surface area contributed by atoms with Gasteiger partial charge < -0.3 is 29.1 Å². The molecule has 1 heterocycles. The van der Waals surface area contributed by atoms with E-state index < -0.39 is 23.5 Å². The number of carbonyl (C=O) groups excluding carboxylic acids is 2. The Morgan fingerprint density at radius 1 is 1.26 bits per heavy atom. The molecule has 0 radical (unpaired) electrons. The standard InChI is InChI=1S/C18H21NO7S/c1-9-10-5-14(24-2)15(25-3)7-13(10)26-18(23)11(9)6-16(20)19-12(8-27-4)17(21)22/h5,7,12H,6,8H2,1-4H3,(H,19,20)(H,21,22)/p-1/t12-/m0/s1. The minimum atomic E-state index is -1.38. The van der Waals surface area contributed by atoms with Crippen molar-refractivity contribution in [1.82, 2.24) is 5.32 Å². The van der Waals surface area contributed by atoms with E-state index in [0.29, 0.717) is 28.0 Å². The normalized spacial score (nSPS) is 11.9. The third-order valence-corrected chi connectivity index (χ3v) is 4.75. The van der Waals surface area contributed by atoms with Crippen molar-refractivity contribution < 1.29 is 28.6 Å². The Morgan fingerprint density at radius 3 is 2.44 bits per heavy atom. The van der Waals surface area contributed by atoms with Crippen molar-refractivity contribution in [3.8, 4) is 11.5 Å². The van der Waals surface area contributed by atoms with E-state index >= 15 is 0 Å². The second-order valence-electron chi connectivity index (χ2n) is 5.77. The Labute approximate surface area is 159 Å². The number of hydrogen-bond acceptors (Lipinski definition) is 8. The van der Waals surface area contributed by atoms with E-state index in [0.717, 1.165) is 0 Å². The van der Waals surface area contributed by atoms with Crippen LogP contribution in [-0.4, -0.2) is 44.1 Å². The largest absolute Gasteiger partial charge is 0.548 e. The van der Waals surface area contributed by atoms with E-state index in [1.807, 2.05) is 0 Å². The van der Waals surface area contributed by atoms with E-state index in [9.17, 15) is 19.5 Å². The van der Waals surface area contributed by atoms with Crippen LogP contribution in [0.25, 0.3) is 11.0 Å². The van der Waals surface area contributed by atoms with Crippen LogP contribution in [0.5, 0.6) is 11.5 Å². The maximum atomic E-state index is 12.3. The molecule has 2 aromatic rings. The molecule has 0 saturated heterocycles. The van der Waals surface area contributed by atoms with Gasteiger partial charge in [0.15, 0.2) is 11.5 Å². The molecule has 2 rings (SSSR count). The molecule has 1 amide bonds. The summed E-state index contributed by atoms with van der Waals surface area (Å²) in [5.74, 6) is -0.956. The number of benzene rings is 1. The molecule has 27 heavy (non-hydrogen) atoms. The van der Waals surface area contributed by atoms with Gasteiger partial charge in [-0.2, -0.15) is 11.8 Å². The van der Waals surface area contributed by atoms with Crippen LogP contribution in [0.3, 0.4) is 0 Å². The van der Waals surface area contributed by atoms with Gasteiger partial charge in [0.25, 0.3) is 0 Å². The van der Waals surface area contributed by atoms with Crippen molar-refractivity contribution in [3.63, 3.8) is 0 Å². The third kappa shape index (κ3) is 4.54. The number of carboxylic acid groups (broad SMARTS) is 1. The fraction of sp³-hybridized carbons (Fsp3) is 0.389. The number of thioether (sulfide) groups is 1. The third-order valence-electron chi connectivity index (χ3n) is 4.08. The van der Waals surface area contributed by atoms with E-state index in [4.69, 9.17) is 13.9 Å². The molecule has 0 aliphatic heterocycles. The summed E-state index contributed by atoms with van der Waals surface area (Å²) in [5, 5.41) is 14.0. The highest BCUT2D eigenvalue weighted by atomic mass is 32.2. The quantitative estimate of drug-likeness (QED) is 0.634. The molecule has 1 aromatic carbocycles. The van der Waals surface area contributed by atoms with Gasteiger partial charge in [-0.05, 0) is 24.8 Å². The van der Waals surface area contributed by atoms with Gasteiger partial charge in [-0.3, -0.25) is 4.79 Å². The molecule has 0 spiro atoms. The van der Waals surface area contributed by atoms with Crippen molar-refractivity contribution in [2.75, 3.05) is 26.2 Å². The van der Waals surface area contributed by atoms with Crippen LogP contribution in [0.15, 0.2) is 21.3 Å². The predicted molar refractivity (Wildman–Crippen MR) is 99.3 cm³/mol. The summed E-state index contributed by atoms with van der Waals surface area (Å²) in [6.45, 7) is 1.69. The fourth-order valence-electron chi connectivity index (χ4n) is 2.66. The highest BCUT2D eigenvalue weighted by Gasteiger charge is 2.19. The van der Waals surface area contributed by atoms with Crippen molar-refractivity contribution in [2.45, 2.75) is 19.4 Å². The first-order valence-corrected chi connectivity index (χ1v) is 9.39. The molecule has 9 heteroatoms. The summed E-state index contributed by atoms with van der Waals surface area (Å²) < 4.78 is 15.8. The van der Waals surface area contributed by atoms with Crippen LogP contribution in [0.1, 0.15) is 11.1 Å². The lowest BCUT2D eigenvalue weighted by atomic mass is 10.0. The molecule has 8 nitrogen and oxygen atoms in total. The first-order valence-electron chi connectivity index (χ1n) is 7.99. The van der Waals surface area contributed by atoms with Crippen molar-refractivity contribution in [1.29, 1.82) is 0 Å². The molecule has 1 aromatic heterocycles. The summed E-state index contributed by atoms with van der Waals surface area (Å²) in [5.41, 5.74) is 0.326. The zero-order chi connectivity index (χ0) is 20.1. The van der Waals surface area contributed by atoms with E-state index in [-0.39, 0.29) is 17.7 Å². The number of amides is 1. The number of hydrogen-bond donors (Lipinski definition) is 1. The number of aliphatic carboxylic acids is 1. The number of fused-ring (bicyclic) bond motifs is 1. The van der Waals surface area contributed by atoms with Gasteiger partial charge in [0, 0.05) is 17.2 Å². The second-order valence-corrected chi connectivity index (χ2v) is 6.68. The summed E-state index contributed by atoms with van der Waals surface area (Å²) in [6.07, 6.45) is 1.41. The minimum Gasteiger partial charge on any atom is -0.548 e. The van der Waals surface area contributed by atoms with E-state index in [1.54, 1.807) is 19.2 Å². The Balaban J connectivity index is 2.39. The van der Waals surface area contributed by atoms with Gasteiger partial charge in [-0.25, -0.2) is 4.79 Å². The molecule has 0 unspecified atom stereocenters. The molecule has 146 valence electrons. The van der Waals surface area contributed by atoms with Crippen LogP contribution in [0.2, 0.25) is 0 Å². The average Bonchev–Trinajstić information content (AvgIpc) is 2.63. The summed E-state index contributed by atoms with van der Waals surface area (Å²) in [7, 11) is 2.95. The fourth-order valence-corrected chi connectivity index (χ4v) is 3.21.